The van der Waals surface area contributed by atoms with Crippen LogP contribution in [-0.4, -0.2) is 25.2 Å². The molecule has 0 aliphatic heterocycles. The molecule has 0 amide bonds. The van der Waals surface area contributed by atoms with Crippen LogP contribution in [0.2, 0.25) is 5.02 Å². The van der Waals surface area contributed by atoms with Crippen LogP contribution >= 0.6 is 22.9 Å². The normalized spacial score (nSPS) is 10.3. The Balaban J connectivity index is 2.23. The predicted molar refractivity (Wildman–Crippen MR) is 74.8 cm³/mol. The average molecular weight is 298 g/mol. The Morgan fingerprint density at radius 1 is 1.42 bits per heavy atom. The van der Waals surface area contributed by atoms with Gasteiger partial charge < -0.3 is 9.47 Å². The first kappa shape index (κ1) is 13.8. The number of nitrogens with zero attached hydrogens (tertiary/aromatic N) is 1. The predicted octanol–water partition coefficient (Wildman–Crippen LogP) is 3.19. The molecular weight excluding hydrogens is 286 g/mol. The lowest BCUT2D eigenvalue weighted by Gasteiger charge is -2.03. The number of rotatable bonds is 4. The topological polar surface area (TPSA) is 48.4 Å². The van der Waals surface area contributed by atoms with Crippen LogP contribution in [0.15, 0.2) is 23.6 Å². The lowest BCUT2D eigenvalue weighted by atomic mass is 10.2. The van der Waals surface area contributed by atoms with Crippen molar-refractivity contribution in [3.8, 4) is 16.3 Å². The minimum atomic E-state index is -0.301. The second-order valence-corrected chi connectivity index (χ2v) is 5.01. The second kappa shape index (κ2) is 6.04. The number of aromatic nitrogens is 1. The smallest absolute Gasteiger partial charge is 0.311 e. The number of ether oxygens (including phenoxy) is 2. The Kier molecular flexibility index (Phi) is 4.39. The maximum absolute atomic E-state index is 11.2. The summed E-state index contributed by atoms with van der Waals surface area (Å²) >= 11 is 7.53. The standard InChI is InChI=1S/C13H12ClNO3S/c1-17-11-4-3-8(5-10(11)14)13-15-9(7-19-13)6-12(16)18-2/h3-5,7H,6H2,1-2H3. The Morgan fingerprint density at radius 2 is 2.21 bits per heavy atom. The van der Waals surface area contributed by atoms with Gasteiger partial charge in [0.25, 0.3) is 0 Å². The molecule has 0 N–H and O–H groups in total. The molecule has 0 atom stereocenters. The molecule has 2 aromatic rings. The van der Waals surface area contributed by atoms with E-state index in [0.717, 1.165) is 10.6 Å². The van der Waals surface area contributed by atoms with Crippen molar-refractivity contribution in [1.29, 1.82) is 0 Å². The molecule has 0 aliphatic rings. The van der Waals surface area contributed by atoms with E-state index < -0.39 is 0 Å². The third-order valence-corrected chi connectivity index (χ3v) is 3.74. The summed E-state index contributed by atoms with van der Waals surface area (Å²) in [6.07, 6.45) is 0.177. The van der Waals surface area contributed by atoms with Crippen LogP contribution in [0.5, 0.6) is 5.75 Å². The van der Waals surface area contributed by atoms with Crippen LogP contribution in [-0.2, 0) is 16.0 Å². The molecular formula is C13H12ClNO3S. The molecule has 6 heteroatoms. The Hall–Kier alpha value is -1.59. The highest BCUT2D eigenvalue weighted by molar-refractivity contribution is 7.13. The SMILES string of the molecule is COC(=O)Cc1csc(-c2ccc(OC)c(Cl)c2)n1. The largest absolute Gasteiger partial charge is 0.495 e. The molecule has 0 radical (unpaired) electrons. The van der Waals surface area contributed by atoms with E-state index in [1.54, 1.807) is 19.2 Å². The summed E-state index contributed by atoms with van der Waals surface area (Å²) in [6, 6.07) is 5.46. The van der Waals surface area contributed by atoms with Gasteiger partial charge in [0.1, 0.15) is 10.8 Å². The number of carbonyl (C=O) groups excluding carboxylic acids is 1. The fourth-order valence-electron chi connectivity index (χ4n) is 1.54. The van der Waals surface area contributed by atoms with E-state index in [9.17, 15) is 4.79 Å². The van der Waals surface area contributed by atoms with Gasteiger partial charge in [0.2, 0.25) is 0 Å². The van der Waals surface area contributed by atoms with E-state index in [-0.39, 0.29) is 12.4 Å². The first-order valence-electron chi connectivity index (χ1n) is 5.49. The highest BCUT2D eigenvalue weighted by atomic mass is 35.5. The van der Waals surface area contributed by atoms with Crippen molar-refractivity contribution in [2.75, 3.05) is 14.2 Å². The van der Waals surface area contributed by atoms with E-state index in [1.807, 2.05) is 11.4 Å². The van der Waals surface area contributed by atoms with Crippen molar-refractivity contribution in [3.05, 3.63) is 34.3 Å². The van der Waals surface area contributed by atoms with Gasteiger partial charge in [-0.15, -0.1) is 11.3 Å². The van der Waals surface area contributed by atoms with Crippen molar-refractivity contribution >= 4 is 28.9 Å². The number of hydrogen-bond donors (Lipinski definition) is 0. The number of benzene rings is 1. The van der Waals surface area contributed by atoms with Crippen LogP contribution in [0.1, 0.15) is 5.69 Å². The fourth-order valence-corrected chi connectivity index (χ4v) is 2.61. The molecule has 4 nitrogen and oxygen atoms in total. The molecule has 0 saturated heterocycles. The number of esters is 1. The van der Waals surface area contributed by atoms with Gasteiger partial charge in [-0.1, -0.05) is 11.6 Å². The number of halogens is 1. The van der Waals surface area contributed by atoms with E-state index in [1.165, 1.54) is 18.4 Å². The van der Waals surface area contributed by atoms with Gasteiger partial charge in [-0.3, -0.25) is 4.79 Å². The molecule has 1 aromatic heterocycles. The van der Waals surface area contributed by atoms with Crippen LogP contribution in [0.4, 0.5) is 0 Å². The fraction of sp³-hybridized carbons (Fsp3) is 0.231. The first-order chi connectivity index (χ1) is 9.13. The van der Waals surface area contributed by atoms with Crippen molar-refractivity contribution in [2.24, 2.45) is 0 Å². The van der Waals surface area contributed by atoms with Crippen LogP contribution in [0, 0.1) is 0 Å². The molecule has 100 valence electrons. The molecule has 1 heterocycles. The third-order valence-electron chi connectivity index (χ3n) is 2.50. The first-order valence-corrected chi connectivity index (χ1v) is 6.75. The van der Waals surface area contributed by atoms with Crippen LogP contribution in [0.3, 0.4) is 0 Å². The summed E-state index contributed by atoms with van der Waals surface area (Å²) in [4.78, 5) is 15.6. The monoisotopic (exact) mass is 297 g/mol. The molecule has 0 aliphatic carbocycles. The zero-order valence-electron chi connectivity index (χ0n) is 10.5. The van der Waals surface area contributed by atoms with Crippen LogP contribution < -0.4 is 4.74 Å². The number of hydrogen-bond acceptors (Lipinski definition) is 5. The summed E-state index contributed by atoms with van der Waals surface area (Å²) in [5, 5.41) is 3.18. The Labute approximate surface area is 120 Å². The molecule has 2 rings (SSSR count). The molecule has 19 heavy (non-hydrogen) atoms. The van der Waals surface area contributed by atoms with Crippen molar-refractivity contribution in [2.45, 2.75) is 6.42 Å². The average Bonchev–Trinajstić information content (AvgIpc) is 2.87. The van der Waals surface area contributed by atoms with Gasteiger partial charge in [-0.2, -0.15) is 0 Å². The summed E-state index contributed by atoms with van der Waals surface area (Å²) in [5.74, 6) is 0.321. The van der Waals surface area contributed by atoms with Crippen molar-refractivity contribution < 1.29 is 14.3 Å². The van der Waals surface area contributed by atoms with Crippen LogP contribution in [0.25, 0.3) is 10.6 Å². The second-order valence-electron chi connectivity index (χ2n) is 3.75. The number of methoxy groups -OCH3 is 2. The number of thiazole rings is 1. The minimum Gasteiger partial charge on any atom is -0.495 e. The summed E-state index contributed by atoms with van der Waals surface area (Å²) in [7, 11) is 2.93. The van der Waals surface area contributed by atoms with Crippen molar-refractivity contribution in [1.82, 2.24) is 4.98 Å². The third kappa shape index (κ3) is 3.24. The van der Waals surface area contributed by atoms with Gasteiger partial charge >= 0.3 is 5.97 Å². The van der Waals surface area contributed by atoms with E-state index in [2.05, 4.69) is 9.72 Å². The van der Waals surface area contributed by atoms with Gasteiger partial charge in [0.15, 0.2) is 0 Å². The van der Waals surface area contributed by atoms with E-state index in [0.29, 0.717) is 16.5 Å². The molecule has 0 fully saturated rings. The van der Waals surface area contributed by atoms with Gasteiger partial charge in [0.05, 0.1) is 31.4 Å². The van der Waals surface area contributed by atoms with Gasteiger partial charge in [-0.05, 0) is 18.2 Å². The lowest BCUT2D eigenvalue weighted by Crippen LogP contribution is -2.04. The zero-order valence-corrected chi connectivity index (χ0v) is 12.0. The van der Waals surface area contributed by atoms with E-state index in [4.69, 9.17) is 16.3 Å². The Bertz CT molecular complexity index is 597. The van der Waals surface area contributed by atoms with Gasteiger partial charge in [-0.25, -0.2) is 4.98 Å². The Morgan fingerprint density at radius 3 is 2.84 bits per heavy atom. The highest BCUT2D eigenvalue weighted by Crippen LogP contribution is 2.31. The van der Waals surface area contributed by atoms with E-state index >= 15 is 0 Å². The van der Waals surface area contributed by atoms with Gasteiger partial charge in [0, 0.05) is 10.9 Å². The molecule has 0 unspecified atom stereocenters. The maximum Gasteiger partial charge on any atom is 0.311 e. The minimum absolute atomic E-state index is 0.177. The molecule has 0 spiro atoms. The molecule has 0 bridgehead atoms. The highest BCUT2D eigenvalue weighted by Gasteiger charge is 2.10. The zero-order chi connectivity index (χ0) is 13.8. The summed E-state index contributed by atoms with van der Waals surface area (Å²) in [5.41, 5.74) is 1.59. The summed E-state index contributed by atoms with van der Waals surface area (Å²) in [6.45, 7) is 0. The van der Waals surface area contributed by atoms with Crippen molar-refractivity contribution in [3.63, 3.8) is 0 Å². The summed E-state index contributed by atoms with van der Waals surface area (Å²) < 4.78 is 9.70. The molecule has 1 aromatic carbocycles. The molecule has 0 saturated carbocycles. The number of carbonyl (C=O) groups is 1. The maximum atomic E-state index is 11.2. The lowest BCUT2D eigenvalue weighted by molar-refractivity contribution is -0.139. The quantitative estimate of drug-likeness (QED) is 0.813.